The molecule has 150 valence electrons. The van der Waals surface area contributed by atoms with Crippen molar-refractivity contribution in [3.63, 3.8) is 0 Å². The van der Waals surface area contributed by atoms with E-state index in [9.17, 15) is 4.79 Å². The number of para-hydroxylation sites is 2. The van der Waals surface area contributed by atoms with Gasteiger partial charge in [0, 0.05) is 25.7 Å². The highest BCUT2D eigenvalue weighted by Gasteiger charge is 2.29. The highest BCUT2D eigenvalue weighted by molar-refractivity contribution is 5.80. The van der Waals surface area contributed by atoms with E-state index in [1.54, 1.807) is 0 Å². The third-order valence-electron chi connectivity index (χ3n) is 4.99. The SMILES string of the molecule is CC(C)(C)OC(=O)NC[C@@H]1CCN(c2nc3ccccc3nc2NC2CC2)C1. The van der Waals surface area contributed by atoms with Crippen LogP contribution in [0.5, 0.6) is 0 Å². The number of nitrogens with one attached hydrogen (secondary N) is 2. The molecule has 0 radical (unpaired) electrons. The zero-order valence-corrected chi connectivity index (χ0v) is 16.9. The van der Waals surface area contributed by atoms with E-state index >= 15 is 0 Å². The Kier molecular flexibility index (Phi) is 5.00. The molecule has 2 aliphatic rings. The molecule has 1 aromatic heterocycles. The predicted molar refractivity (Wildman–Crippen MR) is 111 cm³/mol. The zero-order chi connectivity index (χ0) is 19.7. The largest absolute Gasteiger partial charge is 0.444 e. The minimum atomic E-state index is -0.476. The molecule has 2 fully saturated rings. The number of carbonyl (C=O) groups is 1. The van der Waals surface area contributed by atoms with Crippen LogP contribution in [0.1, 0.15) is 40.0 Å². The Bertz CT molecular complexity index is 859. The molecule has 0 bridgehead atoms. The first-order chi connectivity index (χ1) is 13.4. The molecule has 4 rings (SSSR count). The third kappa shape index (κ3) is 4.64. The van der Waals surface area contributed by atoms with Crippen LogP contribution in [-0.4, -0.2) is 47.3 Å². The van der Waals surface area contributed by atoms with E-state index in [0.717, 1.165) is 42.2 Å². The number of alkyl carbamates (subject to hydrolysis) is 1. The highest BCUT2D eigenvalue weighted by atomic mass is 16.6. The summed E-state index contributed by atoms with van der Waals surface area (Å²) in [5.41, 5.74) is 1.35. The van der Waals surface area contributed by atoms with E-state index in [1.165, 1.54) is 12.8 Å². The van der Waals surface area contributed by atoms with Gasteiger partial charge in [0.25, 0.3) is 0 Å². The van der Waals surface area contributed by atoms with Crippen LogP contribution >= 0.6 is 0 Å². The molecule has 1 aliphatic carbocycles. The van der Waals surface area contributed by atoms with Crippen LogP contribution < -0.4 is 15.5 Å². The van der Waals surface area contributed by atoms with Gasteiger partial charge in [-0.15, -0.1) is 0 Å². The molecule has 2 aromatic rings. The van der Waals surface area contributed by atoms with Gasteiger partial charge in [-0.1, -0.05) is 12.1 Å². The first-order valence-electron chi connectivity index (χ1n) is 10.1. The van der Waals surface area contributed by atoms with Crippen molar-refractivity contribution in [2.45, 2.75) is 51.7 Å². The number of rotatable bonds is 5. The Labute approximate surface area is 165 Å². The number of fused-ring (bicyclic) bond motifs is 1. The van der Waals surface area contributed by atoms with E-state index in [0.29, 0.717) is 18.5 Å². The summed E-state index contributed by atoms with van der Waals surface area (Å²) in [6, 6.07) is 8.51. The maximum absolute atomic E-state index is 11.9. The monoisotopic (exact) mass is 383 g/mol. The van der Waals surface area contributed by atoms with E-state index in [4.69, 9.17) is 14.7 Å². The van der Waals surface area contributed by atoms with Crippen LogP contribution in [0.15, 0.2) is 24.3 Å². The molecule has 7 nitrogen and oxygen atoms in total. The van der Waals surface area contributed by atoms with Gasteiger partial charge < -0.3 is 20.3 Å². The first kappa shape index (κ1) is 18.8. The van der Waals surface area contributed by atoms with Gasteiger partial charge >= 0.3 is 6.09 Å². The number of nitrogens with zero attached hydrogens (tertiary/aromatic N) is 3. The number of hydrogen-bond donors (Lipinski definition) is 2. The lowest BCUT2D eigenvalue weighted by Gasteiger charge is -2.22. The molecule has 7 heteroatoms. The molecule has 1 saturated carbocycles. The number of anilines is 2. The Morgan fingerprint density at radius 1 is 1.18 bits per heavy atom. The second-order valence-electron chi connectivity index (χ2n) is 8.79. The zero-order valence-electron chi connectivity index (χ0n) is 16.9. The van der Waals surface area contributed by atoms with Gasteiger partial charge in [0.15, 0.2) is 11.6 Å². The Balaban J connectivity index is 1.44. The summed E-state index contributed by atoms with van der Waals surface area (Å²) in [5, 5.41) is 6.44. The molecular formula is C21H29N5O2. The molecule has 1 aromatic carbocycles. The van der Waals surface area contributed by atoms with E-state index in [2.05, 4.69) is 15.5 Å². The van der Waals surface area contributed by atoms with Crippen molar-refractivity contribution in [2.75, 3.05) is 29.9 Å². The van der Waals surface area contributed by atoms with Crippen LogP contribution in [-0.2, 0) is 4.74 Å². The number of ether oxygens (including phenoxy) is 1. The van der Waals surface area contributed by atoms with Gasteiger partial charge in [0.1, 0.15) is 5.60 Å². The Morgan fingerprint density at radius 2 is 1.89 bits per heavy atom. The van der Waals surface area contributed by atoms with Crippen LogP contribution in [0.2, 0.25) is 0 Å². The molecule has 2 N–H and O–H groups in total. The Hall–Kier alpha value is -2.57. The van der Waals surface area contributed by atoms with Crippen molar-refractivity contribution >= 4 is 28.8 Å². The molecule has 0 spiro atoms. The summed E-state index contributed by atoms with van der Waals surface area (Å²) >= 11 is 0. The topological polar surface area (TPSA) is 79.4 Å². The minimum absolute atomic E-state index is 0.354. The van der Waals surface area contributed by atoms with E-state index in [1.807, 2.05) is 45.0 Å². The normalized spacial score (nSPS) is 19.7. The fraction of sp³-hybridized carbons (Fsp3) is 0.571. The Morgan fingerprint density at radius 3 is 2.57 bits per heavy atom. The van der Waals surface area contributed by atoms with Gasteiger partial charge in [-0.2, -0.15) is 0 Å². The van der Waals surface area contributed by atoms with E-state index < -0.39 is 5.60 Å². The molecule has 2 heterocycles. The van der Waals surface area contributed by atoms with Gasteiger partial charge in [0.05, 0.1) is 11.0 Å². The van der Waals surface area contributed by atoms with Gasteiger partial charge in [0.2, 0.25) is 0 Å². The average Bonchev–Trinajstić information content (AvgIpc) is 3.32. The second-order valence-corrected chi connectivity index (χ2v) is 8.79. The van der Waals surface area contributed by atoms with Gasteiger partial charge in [-0.25, -0.2) is 14.8 Å². The molecule has 1 saturated heterocycles. The van der Waals surface area contributed by atoms with Crippen molar-refractivity contribution in [1.29, 1.82) is 0 Å². The highest BCUT2D eigenvalue weighted by Crippen LogP contribution is 2.33. The number of hydrogen-bond acceptors (Lipinski definition) is 6. The summed E-state index contributed by atoms with van der Waals surface area (Å²) in [5.74, 6) is 2.17. The van der Waals surface area contributed by atoms with Crippen molar-refractivity contribution in [1.82, 2.24) is 15.3 Å². The van der Waals surface area contributed by atoms with Crippen LogP contribution in [0.25, 0.3) is 11.0 Å². The van der Waals surface area contributed by atoms with Gasteiger partial charge in [-0.05, 0) is 58.1 Å². The third-order valence-corrected chi connectivity index (χ3v) is 4.99. The lowest BCUT2D eigenvalue weighted by molar-refractivity contribution is 0.0520. The number of benzene rings is 1. The molecule has 28 heavy (non-hydrogen) atoms. The van der Waals surface area contributed by atoms with E-state index in [-0.39, 0.29) is 6.09 Å². The van der Waals surface area contributed by atoms with Crippen molar-refractivity contribution in [3.8, 4) is 0 Å². The summed E-state index contributed by atoms with van der Waals surface area (Å²) in [4.78, 5) is 23.9. The fourth-order valence-corrected chi connectivity index (χ4v) is 3.46. The minimum Gasteiger partial charge on any atom is -0.444 e. The molecular weight excluding hydrogens is 354 g/mol. The molecule has 1 aliphatic heterocycles. The predicted octanol–water partition coefficient (Wildman–Crippen LogP) is 3.56. The van der Waals surface area contributed by atoms with Crippen LogP contribution in [0.3, 0.4) is 0 Å². The fourth-order valence-electron chi connectivity index (χ4n) is 3.46. The lowest BCUT2D eigenvalue weighted by Crippen LogP contribution is -2.36. The molecule has 0 unspecified atom stereocenters. The smallest absolute Gasteiger partial charge is 0.407 e. The van der Waals surface area contributed by atoms with Crippen LogP contribution in [0, 0.1) is 5.92 Å². The van der Waals surface area contributed by atoms with Crippen LogP contribution in [0.4, 0.5) is 16.4 Å². The quantitative estimate of drug-likeness (QED) is 0.822. The first-order valence-corrected chi connectivity index (χ1v) is 10.1. The van der Waals surface area contributed by atoms with Gasteiger partial charge in [-0.3, -0.25) is 0 Å². The maximum atomic E-state index is 11.9. The second kappa shape index (κ2) is 7.45. The van der Waals surface area contributed by atoms with Crippen molar-refractivity contribution in [3.05, 3.63) is 24.3 Å². The summed E-state index contributed by atoms with van der Waals surface area (Å²) in [6.45, 7) is 7.98. The van der Waals surface area contributed by atoms with Crippen molar-refractivity contribution < 1.29 is 9.53 Å². The van der Waals surface area contributed by atoms with Crippen molar-refractivity contribution in [2.24, 2.45) is 5.92 Å². The average molecular weight is 383 g/mol. The standard InChI is InChI=1S/C21H29N5O2/c1-21(2,3)28-20(27)22-12-14-10-11-26(13-14)19-18(23-15-8-9-15)24-16-6-4-5-7-17(16)25-19/h4-7,14-15H,8-13H2,1-3H3,(H,22,27)(H,23,24)/t14-/m0/s1. The number of amides is 1. The maximum Gasteiger partial charge on any atom is 0.407 e. The lowest BCUT2D eigenvalue weighted by atomic mass is 10.1. The molecule has 1 atom stereocenters. The summed E-state index contributed by atoms with van der Waals surface area (Å²) in [7, 11) is 0. The number of aromatic nitrogens is 2. The summed E-state index contributed by atoms with van der Waals surface area (Å²) < 4.78 is 5.33. The summed E-state index contributed by atoms with van der Waals surface area (Å²) in [6.07, 6.45) is 3.03. The molecule has 1 amide bonds. The number of carbonyl (C=O) groups excluding carboxylic acids is 1.